The van der Waals surface area contributed by atoms with Gasteiger partial charge in [-0.3, -0.25) is 9.48 Å². The summed E-state index contributed by atoms with van der Waals surface area (Å²) in [5, 5.41) is 13.1. The molecule has 1 rings (SSSR count). The Morgan fingerprint density at radius 3 is 2.43 bits per heavy atom. The van der Waals surface area contributed by atoms with Crippen LogP contribution in [-0.4, -0.2) is 20.9 Å². The van der Waals surface area contributed by atoms with Crippen LogP contribution in [0.3, 0.4) is 0 Å². The van der Waals surface area contributed by atoms with E-state index in [4.69, 9.17) is 5.11 Å². The molecule has 1 N–H and O–H groups in total. The van der Waals surface area contributed by atoms with E-state index in [9.17, 15) is 4.79 Å². The van der Waals surface area contributed by atoms with Crippen LogP contribution in [0, 0.1) is 19.8 Å². The lowest BCUT2D eigenvalue weighted by Crippen LogP contribution is -2.23. The van der Waals surface area contributed by atoms with Gasteiger partial charge in [0.25, 0.3) is 0 Å². The van der Waals surface area contributed by atoms with Gasteiger partial charge in [-0.2, -0.15) is 5.10 Å². The minimum absolute atomic E-state index is 0.110. The molecule has 0 aromatic carbocycles. The molecule has 0 spiro atoms. The van der Waals surface area contributed by atoms with Crippen molar-refractivity contribution in [2.24, 2.45) is 5.92 Å². The van der Waals surface area contributed by atoms with Crippen molar-refractivity contribution in [1.82, 2.24) is 9.78 Å². The standard InChI is InChI=1S/C10H16N2O2/c1-6-5-7(2)12(11-6)9(4)8(3)10(13)14/h5,8-9H,1-4H3,(H,13,14)/t8-,9-/m0/s1. The van der Waals surface area contributed by atoms with Gasteiger partial charge in [0.2, 0.25) is 0 Å². The van der Waals surface area contributed by atoms with Gasteiger partial charge in [0, 0.05) is 5.69 Å². The maximum Gasteiger partial charge on any atom is 0.308 e. The van der Waals surface area contributed by atoms with Crippen LogP contribution in [0.5, 0.6) is 0 Å². The van der Waals surface area contributed by atoms with E-state index < -0.39 is 11.9 Å². The van der Waals surface area contributed by atoms with Gasteiger partial charge < -0.3 is 5.11 Å². The van der Waals surface area contributed by atoms with E-state index in [1.165, 1.54) is 0 Å². The summed E-state index contributed by atoms with van der Waals surface area (Å²) in [4.78, 5) is 10.8. The third-order valence-electron chi connectivity index (χ3n) is 2.54. The molecular formula is C10H16N2O2. The molecule has 0 unspecified atom stereocenters. The monoisotopic (exact) mass is 196 g/mol. The molecular weight excluding hydrogens is 180 g/mol. The van der Waals surface area contributed by atoms with E-state index >= 15 is 0 Å². The largest absolute Gasteiger partial charge is 0.481 e. The van der Waals surface area contributed by atoms with Gasteiger partial charge in [-0.1, -0.05) is 0 Å². The number of carboxylic acids is 1. The molecule has 1 heterocycles. The van der Waals surface area contributed by atoms with Crippen LogP contribution in [-0.2, 0) is 4.79 Å². The topological polar surface area (TPSA) is 55.1 Å². The fourth-order valence-corrected chi connectivity index (χ4v) is 1.48. The van der Waals surface area contributed by atoms with Gasteiger partial charge in [-0.25, -0.2) is 0 Å². The molecule has 0 bridgehead atoms. The highest BCUT2D eigenvalue weighted by Crippen LogP contribution is 2.19. The van der Waals surface area contributed by atoms with Crippen molar-refractivity contribution in [2.75, 3.05) is 0 Å². The van der Waals surface area contributed by atoms with Gasteiger partial charge in [0.1, 0.15) is 0 Å². The van der Waals surface area contributed by atoms with E-state index in [0.717, 1.165) is 11.4 Å². The minimum Gasteiger partial charge on any atom is -0.481 e. The van der Waals surface area contributed by atoms with Crippen LogP contribution >= 0.6 is 0 Å². The molecule has 0 amide bonds. The van der Waals surface area contributed by atoms with Crippen molar-refractivity contribution in [3.8, 4) is 0 Å². The van der Waals surface area contributed by atoms with Gasteiger partial charge >= 0.3 is 5.97 Å². The Kier molecular flexibility index (Phi) is 2.93. The highest BCUT2D eigenvalue weighted by Gasteiger charge is 2.22. The number of hydrogen-bond acceptors (Lipinski definition) is 2. The first-order valence-corrected chi connectivity index (χ1v) is 4.69. The molecule has 0 aliphatic carbocycles. The van der Waals surface area contributed by atoms with Gasteiger partial charge in [0.05, 0.1) is 17.7 Å². The molecule has 4 heteroatoms. The van der Waals surface area contributed by atoms with Crippen LogP contribution in [0.1, 0.15) is 31.3 Å². The summed E-state index contributed by atoms with van der Waals surface area (Å²) in [6.07, 6.45) is 0. The molecule has 4 nitrogen and oxygen atoms in total. The molecule has 78 valence electrons. The molecule has 2 atom stereocenters. The molecule has 0 aliphatic heterocycles. The van der Waals surface area contributed by atoms with Crippen LogP contribution in [0.15, 0.2) is 6.07 Å². The third kappa shape index (κ3) is 1.95. The lowest BCUT2D eigenvalue weighted by molar-refractivity contribution is -0.142. The second kappa shape index (κ2) is 3.82. The van der Waals surface area contributed by atoms with E-state index in [-0.39, 0.29) is 6.04 Å². The Morgan fingerprint density at radius 1 is 1.50 bits per heavy atom. The number of rotatable bonds is 3. The highest BCUT2D eigenvalue weighted by molar-refractivity contribution is 5.70. The van der Waals surface area contributed by atoms with Gasteiger partial charge in [-0.05, 0) is 33.8 Å². The van der Waals surface area contributed by atoms with E-state index in [1.807, 2.05) is 26.8 Å². The van der Waals surface area contributed by atoms with Crippen molar-refractivity contribution in [2.45, 2.75) is 33.7 Å². The first-order chi connectivity index (χ1) is 6.43. The van der Waals surface area contributed by atoms with E-state index in [0.29, 0.717) is 0 Å². The number of aryl methyl sites for hydroxylation is 2. The number of aromatic nitrogens is 2. The van der Waals surface area contributed by atoms with E-state index in [2.05, 4.69) is 5.10 Å². The van der Waals surface area contributed by atoms with Crippen LogP contribution in [0.25, 0.3) is 0 Å². The van der Waals surface area contributed by atoms with Crippen molar-refractivity contribution < 1.29 is 9.90 Å². The number of aliphatic carboxylic acids is 1. The van der Waals surface area contributed by atoms with Crippen molar-refractivity contribution >= 4 is 5.97 Å². The minimum atomic E-state index is -0.787. The number of carboxylic acid groups (broad SMARTS) is 1. The number of carbonyl (C=O) groups is 1. The van der Waals surface area contributed by atoms with Crippen molar-refractivity contribution in [1.29, 1.82) is 0 Å². The van der Waals surface area contributed by atoms with Gasteiger partial charge in [0.15, 0.2) is 0 Å². The predicted molar refractivity (Wildman–Crippen MR) is 53.2 cm³/mol. The maximum absolute atomic E-state index is 10.8. The Balaban J connectivity index is 2.94. The molecule has 0 fully saturated rings. The Bertz CT molecular complexity index is 344. The summed E-state index contributed by atoms with van der Waals surface area (Å²) in [6, 6.07) is 1.84. The quantitative estimate of drug-likeness (QED) is 0.801. The normalized spacial score (nSPS) is 15.1. The summed E-state index contributed by atoms with van der Waals surface area (Å²) in [6.45, 7) is 7.41. The molecule has 14 heavy (non-hydrogen) atoms. The highest BCUT2D eigenvalue weighted by atomic mass is 16.4. The summed E-state index contributed by atoms with van der Waals surface area (Å²) < 4.78 is 1.77. The summed E-state index contributed by atoms with van der Waals surface area (Å²) in [7, 11) is 0. The molecule has 0 radical (unpaired) electrons. The zero-order valence-corrected chi connectivity index (χ0v) is 8.98. The zero-order chi connectivity index (χ0) is 10.9. The second-order valence-corrected chi connectivity index (χ2v) is 3.74. The number of nitrogens with zero attached hydrogens (tertiary/aromatic N) is 2. The number of hydrogen-bond donors (Lipinski definition) is 1. The third-order valence-corrected chi connectivity index (χ3v) is 2.54. The van der Waals surface area contributed by atoms with E-state index in [1.54, 1.807) is 11.6 Å². The Labute approximate surface area is 83.5 Å². The predicted octanol–water partition coefficient (Wildman–Crippen LogP) is 1.78. The zero-order valence-electron chi connectivity index (χ0n) is 8.98. The van der Waals surface area contributed by atoms with Crippen LogP contribution < -0.4 is 0 Å². The first-order valence-electron chi connectivity index (χ1n) is 4.69. The second-order valence-electron chi connectivity index (χ2n) is 3.74. The summed E-state index contributed by atoms with van der Waals surface area (Å²) >= 11 is 0. The Morgan fingerprint density at radius 2 is 2.07 bits per heavy atom. The summed E-state index contributed by atoms with van der Waals surface area (Å²) in [5.74, 6) is -1.21. The lowest BCUT2D eigenvalue weighted by atomic mass is 10.0. The first kappa shape index (κ1) is 10.8. The van der Waals surface area contributed by atoms with Gasteiger partial charge in [-0.15, -0.1) is 0 Å². The van der Waals surface area contributed by atoms with Crippen molar-refractivity contribution in [3.05, 3.63) is 17.5 Å². The van der Waals surface area contributed by atoms with Crippen LogP contribution in [0.4, 0.5) is 0 Å². The van der Waals surface area contributed by atoms with Crippen molar-refractivity contribution in [3.63, 3.8) is 0 Å². The smallest absolute Gasteiger partial charge is 0.308 e. The molecule has 1 aromatic heterocycles. The average molecular weight is 196 g/mol. The lowest BCUT2D eigenvalue weighted by Gasteiger charge is -2.18. The maximum atomic E-state index is 10.8. The molecule has 0 saturated carbocycles. The Hall–Kier alpha value is -1.32. The fraction of sp³-hybridized carbons (Fsp3) is 0.600. The molecule has 0 aliphatic rings. The molecule has 1 aromatic rings. The SMILES string of the molecule is Cc1cc(C)n([C@@H](C)[C@H](C)C(=O)O)n1. The summed E-state index contributed by atoms with van der Waals surface area (Å²) in [5.41, 5.74) is 1.93. The van der Waals surface area contributed by atoms with Crippen LogP contribution in [0.2, 0.25) is 0 Å². The average Bonchev–Trinajstić information content (AvgIpc) is 2.42. The fourth-order valence-electron chi connectivity index (χ4n) is 1.48. The molecule has 0 saturated heterocycles.